The zero-order valence-corrected chi connectivity index (χ0v) is 6.82. The molecule has 4 heteroatoms. The summed E-state index contributed by atoms with van der Waals surface area (Å²) in [6.07, 6.45) is 3.13. The Morgan fingerprint density at radius 3 is 2.92 bits per heavy atom. The predicted octanol–water partition coefficient (Wildman–Crippen LogP) is 2.39. The summed E-state index contributed by atoms with van der Waals surface area (Å²) >= 11 is 5.82. The lowest BCUT2D eigenvalue weighted by Gasteiger charge is -1.95. The zero-order chi connectivity index (χ0) is 8.39. The average molecular weight is 181 g/mol. The Hall–Kier alpha value is -1.35. The number of aromatic nitrogens is 2. The molecule has 2 aromatic heterocycles. The van der Waals surface area contributed by atoms with E-state index in [-0.39, 0.29) is 0 Å². The second-order valence-electron chi connectivity index (χ2n) is 2.23. The molecule has 0 aliphatic heterocycles. The third-order valence-electron chi connectivity index (χ3n) is 1.47. The highest BCUT2D eigenvalue weighted by Crippen LogP contribution is 2.23. The Labute approximate surface area is 74.0 Å². The Kier molecular flexibility index (Phi) is 1.80. The van der Waals surface area contributed by atoms with Crippen molar-refractivity contribution in [1.29, 1.82) is 0 Å². The summed E-state index contributed by atoms with van der Waals surface area (Å²) in [5.74, 6) is 0. The van der Waals surface area contributed by atoms with Crippen LogP contribution in [0.25, 0.3) is 11.3 Å². The van der Waals surface area contributed by atoms with E-state index < -0.39 is 0 Å². The molecule has 0 aliphatic carbocycles. The van der Waals surface area contributed by atoms with Crippen molar-refractivity contribution < 1.29 is 4.52 Å². The third kappa shape index (κ3) is 1.19. The van der Waals surface area contributed by atoms with Crippen LogP contribution in [0.2, 0.25) is 5.15 Å². The van der Waals surface area contributed by atoms with E-state index >= 15 is 0 Å². The topological polar surface area (TPSA) is 38.9 Å². The fourth-order valence-corrected chi connectivity index (χ4v) is 1.14. The van der Waals surface area contributed by atoms with E-state index in [1.165, 1.54) is 6.26 Å². The van der Waals surface area contributed by atoms with Gasteiger partial charge in [0.25, 0.3) is 0 Å². The molecule has 2 heterocycles. The van der Waals surface area contributed by atoms with E-state index in [2.05, 4.69) is 14.7 Å². The molecule has 12 heavy (non-hydrogen) atoms. The number of halogens is 1. The zero-order valence-electron chi connectivity index (χ0n) is 6.07. The molecular formula is C8H5ClN2O. The third-order valence-corrected chi connectivity index (χ3v) is 1.77. The quantitative estimate of drug-likeness (QED) is 0.633. The molecule has 60 valence electrons. The van der Waals surface area contributed by atoms with Gasteiger partial charge in [0.2, 0.25) is 0 Å². The molecule has 0 saturated carbocycles. The normalized spacial score (nSPS) is 10.1. The molecule has 3 nitrogen and oxygen atoms in total. The average Bonchev–Trinajstić information content (AvgIpc) is 2.57. The first-order valence-corrected chi connectivity index (χ1v) is 3.77. The first-order chi connectivity index (χ1) is 5.88. The van der Waals surface area contributed by atoms with E-state index in [0.717, 1.165) is 5.56 Å². The Balaban J connectivity index is 2.55. The van der Waals surface area contributed by atoms with Crippen LogP contribution >= 0.6 is 11.6 Å². The van der Waals surface area contributed by atoms with E-state index in [1.54, 1.807) is 18.3 Å². The number of pyridine rings is 1. The first-order valence-electron chi connectivity index (χ1n) is 3.39. The summed E-state index contributed by atoms with van der Waals surface area (Å²) in [4.78, 5) is 3.92. The molecule has 0 amide bonds. The van der Waals surface area contributed by atoms with Gasteiger partial charge in [0.05, 0.1) is 0 Å². The molecule has 0 atom stereocenters. The molecule has 0 saturated heterocycles. The van der Waals surface area contributed by atoms with Crippen molar-refractivity contribution >= 4 is 11.6 Å². The van der Waals surface area contributed by atoms with Crippen LogP contribution in [0.3, 0.4) is 0 Å². The minimum absolute atomic E-state index is 0.436. The van der Waals surface area contributed by atoms with Gasteiger partial charge in [-0.05, 0) is 12.1 Å². The summed E-state index contributed by atoms with van der Waals surface area (Å²) < 4.78 is 4.69. The molecule has 0 spiro atoms. The number of rotatable bonds is 1. The van der Waals surface area contributed by atoms with Crippen LogP contribution in [-0.4, -0.2) is 10.1 Å². The maximum absolute atomic E-state index is 5.82. The predicted molar refractivity (Wildman–Crippen MR) is 44.7 cm³/mol. The molecule has 0 bridgehead atoms. The lowest BCUT2D eigenvalue weighted by molar-refractivity contribution is 0.422. The monoisotopic (exact) mass is 180 g/mol. The highest BCUT2D eigenvalue weighted by atomic mass is 35.5. The van der Waals surface area contributed by atoms with Gasteiger partial charge in [-0.2, -0.15) is 0 Å². The highest BCUT2D eigenvalue weighted by molar-refractivity contribution is 6.31. The van der Waals surface area contributed by atoms with E-state index in [0.29, 0.717) is 10.8 Å². The van der Waals surface area contributed by atoms with Gasteiger partial charge >= 0.3 is 0 Å². The van der Waals surface area contributed by atoms with E-state index in [9.17, 15) is 0 Å². The molecule has 0 radical (unpaired) electrons. The van der Waals surface area contributed by atoms with Crippen molar-refractivity contribution in [3.8, 4) is 11.3 Å². The fraction of sp³-hybridized carbons (Fsp3) is 0. The van der Waals surface area contributed by atoms with Gasteiger partial charge in [0, 0.05) is 17.8 Å². The maximum Gasteiger partial charge on any atom is 0.138 e. The first kappa shape index (κ1) is 7.31. The largest absolute Gasteiger partial charge is 0.364 e. The van der Waals surface area contributed by atoms with Gasteiger partial charge in [0.15, 0.2) is 0 Å². The van der Waals surface area contributed by atoms with E-state index in [4.69, 9.17) is 11.6 Å². The second-order valence-corrected chi connectivity index (χ2v) is 2.58. The SMILES string of the molecule is Clc1ncccc1-c1ccon1. The van der Waals surface area contributed by atoms with Gasteiger partial charge in [0.1, 0.15) is 17.1 Å². The van der Waals surface area contributed by atoms with Crippen molar-refractivity contribution in [3.63, 3.8) is 0 Å². The van der Waals surface area contributed by atoms with Crippen molar-refractivity contribution in [2.75, 3.05) is 0 Å². The standard InChI is InChI=1S/C8H5ClN2O/c9-8-6(2-1-4-10-8)7-3-5-12-11-7/h1-5H. The Morgan fingerprint density at radius 2 is 2.25 bits per heavy atom. The number of hydrogen-bond acceptors (Lipinski definition) is 3. The Morgan fingerprint density at radius 1 is 1.33 bits per heavy atom. The highest BCUT2D eigenvalue weighted by Gasteiger charge is 2.05. The van der Waals surface area contributed by atoms with Crippen LogP contribution in [0.5, 0.6) is 0 Å². The van der Waals surface area contributed by atoms with Crippen LogP contribution in [0.1, 0.15) is 0 Å². The summed E-state index contributed by atoms with van der Waals surface area (Å²) in [6.45, 7) is 0. The molecule has 0 fully saturated rings. The van der Waals surface area contributed by atoms with Gasteiger partial charge in [-0.25, -0.2) is 4.98 Å². The lowest BCUT2D eigenvalue weighted by atomic mass is 10.2. The van der Waals surface area contributed by atoms with Crippen LogP contribution in [-0.2, 0) is 0 Å². The molecule has 2 aromatic rings. The summed E-state index contributed by atoms with van der Waals surface area (Å²) in [7, 11) is 0. The summed E-state index contributed by atoms with van der Waals surface area (Å²) in [6, 6.07) is 5.38. The van der Waals surface area contributed by atoms with Gasteiger partial charge in [-0.15, -0.1) is 0 Å². The second kappa shape index (κ2) is 2.95. The van der Waals surface area contributed by atoms with Crippen LogP contribution in [0, 0.1) is 0 Å². The lowest BCUT2D eigenvalue weighted by Crippen LogP contribution is -1.81. The van der Waals surface area contributed by atoms with Gasteiger partial charge < -0.3 is 4.52 Å². The molecule has 2 rings (SSSR count). The van der Waals surface area contributed by atoms with Gasteiger partial charge in [-0.3, -0.25) is 0 Å². The molecule has 0 aromatic carbocycles. The Bertz CT molecular complexity index is 372. The van der Waals surface area contributed by atoms with Crippen molar-refractivity contribution in [2.45, 2.75) is 0 Å². The minimum Gasteiger partial charge on any atom is -0.364 e. The molecule has 0 aliphatic rings. The van der Waals surface area contributed by atoms with Crippen LogP contribution in [0.4, 0.5) is 0 Å². The molecule has 0 unspecified atom stereocenters. The van der Waals surface area contributed by atoms with Gasteiger partial charge in [-0.1, -0.05) is 16.8 Å². The van der Waals surface area contributed by atoms with Crippen molar-refractivity contribution in [3.05, 3.63) is 35.8 Å². The number of hydrogen-bond donors (Lipinski definition) is 0. The minimum atomic E-state index is 0.436. The summed E-state index contributed by atoms with van der Waals surface area (Å²) in [5.41, 5.74) is 1.49. The maximum atomic E-state index is 5.82. The van der Waals surface area contributed by atoms with Crippen LogP contribution in [0.15, 0.2) is 35.2 Å². The van der Waals surface area contributed by atoms with Crippen LogP contribution < -0.4 is 0 Å². The number of nitrogens with zero attached hydrogens (tertiary/aromatic N) is 2. The van der Waals surface area contributed by atoms with Crippen molar-refractivity contribution in [2.24, 2.45) is 0 Å². The van der Waals surface area contributed by atoms with Crippen molar-refractivity contribution in [1.82, 2.24) is 10.1 Å². The fourth-order valence-electron chi connectivity index (χ4n) is 0.929. The smallest absolute Gasteiger partial charge is 0.138 e. The summed E-state index contributed by atoms with van der Waals surface area (Å²) in [5, 5.41) is 4.18. The van der Waals surface area contributed by atoms with E-state index in [1.807, 2.05) is 6.07 Å². The molecule has 0 N–H and O–H groups in total. The molecular weight excluding hydrogens is 176 g/mol.